The summed E-state index contributed by atoms with van der Waals surface area (Å²) in [4.78, 5) is 23.5. The molecule has 1 atom stereocenters. The first kappa shape index (κ1) is 18.5. The van der Waals surface area contributed by atoms with Crippen molar-refractivity contribution in [3.63, 3.8) is 0 Å². The highest BCUT2D eigenvalue weighted by Gasteiger charge is 2.35. The van der Waals surface area contributed by atoms with Crippen molar-refractivity contribution in [2.75, 3.05) is 14.2 Å². The number of hydrazone groups is 1. The predicted octanol–water partition coefficient (Wildman–Crippen LogP) is 2.84. The van der Waals surface area contributed by atoms with Gasteiger partial charge >= 0.3 is 5.97 Å². The van der Waals surface area contributed by atoms with Crippen molar-refractivity contribution >= 4 is 17.6 Å². The van der Waals surface area contributed by atoms with Crippen LogP contribution < -0.4 is 9.47 Å². The van der Waals surface area contributed by atoms with Crippen molar-refractivity contribution in [3.05, 3.63) is 47.9 Å². The monoisotopic (exact) mass is 372 g/mol. The van der Waals surface area contributed by atoms with Gasteiger partial charge in [-0.25, -0.2) is 5.01 Å². The summed E-state index contributed by atoms with van der Waals surface area (Å²) in [5.74, 6) is 0.356. The molecule has 2 aromatic rings. The summed E-state index contributed by atoms with van der Waals surface area (Å²) in [7, 11) is 3.10. The minimum Gasteiger partial charge on any atom is -0.497 e. The first-order valence-electron chi connectivity index (χ1n) is 8.40. The van der Waals surface area contributed by atoms with E-state index < -0.39 is 12.0 Å². The lowest BCUT2D eigenvalue weighted by Gasteiger charge is -2.23. The molecule has 3 rings (SSSR count). The van der Waals surface area contributed by atoms with Gasteiger partial charge in [-0.15, -0.1) is 0 Å². The second kappa shape index (κ2) is 7.94. The minimum absolute atomic E-state index is 0.140. The molecule has 8 heteroatoms. The normalized spacial score (nSPS) is 16.1. The molecule has 2 heterocycles. The van der Waals surface area contributed by atoms with Crippen molar-refractivity contribution in [3.8, 4) is 11.5 Å². The van der Waals surface area contributed by atoms with Crippen LogP contribution in [0.25, 0.3) is 0 Å². The van der Waals surface area contributed by atoms with Crippen LogP contribution in [0.5, 0.6) is 11.5 Å². The molecule has 1 aromatic carbocycles. The van der Waals surface area contributed by atoms with Crippen LogP contribution in [0.15, 0.2) is 46.1 Å². The summed E-state index contributed by atoms with van der Waals surface area (Å²) in [5.41, 5.74) is 1.37. The Bertz CT molecular complexity index is 859. The van der Waals surface area contributed by atoms with Crippen LogP contribution in [-0.2, 0) is 9.59 Å². The Hall–Kier alpha value is -3.29. The van der Waals surface area contributed by atoms with Crippen LogP contribution in [0.4, 0.5) is 0 Å². The van der Waals surface area contributed by atoms with Crippen LogP contribution in [0.1, 0.15) is 36.6 Å². The summed E-state index contributed by atoms with van der Waals surface area (Å²) >= 11 is 0. The largest absolute Gasteiger partial charge is 0.497 e. The molecule has 1 N–H and O–H groups in total. The Morgan fingerprint density at radius 2 is 2.07 bits per heavy atom. The molecule has 0 saturated carbocycles. The van der Waals surface area contributed by atoms with Crippen LogP contribution >= 0.6 is 0 Å². The fraction of sp³-hybridized carbons (Fsp3) is 0.316. The average Bonchev–Trinajstić information content (AvgIpc) is 3.35. The highest BCUT2D eigenvalue weighted by Crippen LogP contribution is 2.39. The number of rotatable bonds is 7. The number of carbonyl (C=O) groups is 2. The van der Waals surface area contributed by atoms with Crippen molar-refractivity contribution in [2.45, 2.75) is 25.3 Å². The molecule has 0 saturated heterocycles. The third kappa shape index (κ3) is 3.94. The van der Waals surface area contributed by atoms with Crippen LogP contribution in [0.3, 0.4) is 0 Å². The number of furan rings is 1. The average molecular weight is 372 g/mol. The SMILES string of the molecule is COc1ccc([C@@H]2CC(c3ccco3)=NN2C(=O)CCC(=O)O)c(OC)c1. The van der Waals surface area contributed by atoms with E-state index in [0.29, 0.717) is 29.4 Å². The molecule has 0 aliphatic carbocycles. The van der Waals surface area contributed by atoms with Crippen molar-refractivity contribution in [2.24, 2.45) is 5.10 Å². The first-order chi connectivity index (χ1) is 13.0. The van der Waals surface area contributed by atoms with E-state index >= 15 is 0 Å². The smallest absolute Gasteiger partial charge is 0.303 e. The number of carboxylic acid groups (broad SMARTS) is 1. The Labute approximate surface area is 156 Å². The number of amides is 1. The predicted molar refractivity (Wildman–Crippen MR) is 95.9 cm³/mol. The van der Waals surface area contributed by atoms with Crippen LogP contribution in [0.2, 0.25) is 0 Å². The Kier molecular flexibility index (Phi) is 5.44. The Morgan fingerprint density at radius 3 is 2.70 bits per heavy atom. The fourth-order valence-electron chi connectivity index (χ4n) is 3.00. The number of methoxy groups -OCH3 is 2. The van der Waals surface area contributed by atoms with E-state index in [0.717, 1.165) is 5.56 Å². The van der Waals surface area contributed by atoms with Gasteiger partial charge in [0, 0.05) is 24.5 Å². The molecule has 1 aliphatic heterocycles. The van der Waals surface area contributed by atoms with Gasteiger partial charge in [0.25, 0.3) is 0 Å². The Balaban J connectivity index is 1.94. The molecular weight excluding hydrogens is 352 g/mol. The third-order valence-electron chi connectivity index (χ3n) is 4.32. The summed E-state index contributed by atoms with van der Waals surface area (Å²) in [6.07, 6.45) is 1.57. The molecular formula is C19H20N2O6. The number of ether oxygens (including phenoxy) is 2. The van der Waals surface area contributed by atoms with Crippen molar-refractivity contribution in [1.29, 1.82) is 0 Å². The topological polar surface area (TPSA) is 102 Å². The Morgan fingerprint density at radius 1 is 1.26 bits per heavy atom. The lowest BCUT2D eigenvalue weighted by Crippen LogP contribution is -2.27. The van der Waals surface area contributed by atoms with Crippen molar-refractivity contribution in [1.82, 2.24) is 5.01 Å². The van der Waals surface area contributed by atoms with Gasteiger partial charge in [0.1, 0.15) is 23.0 Å². The van der Waals surface area contributed by atoms with E-state index in [1.807, 2.05) is 6.07 Å². The van der Waals surface area contributed by atoms with Crippen molar-refractivity contribution < 1.29 is 28.6 Å². The fourth-order valence-corrected chi connectivity index (χ4v) is 3.00. The minimum atomic E-state index is -1.03. The van der Waals surface area contributed by atoms with Gasteiger partial charge in [-0.2, -0.15) is 5.10 Å². The molecule has 0 spiro atoms. The highest BCUT2D eigenvalue weighted by atomic mass is 16.5. The number of hydrogen-bond donors (Lipinski definition) is 1. The van der Waals surface area contributed by atoms with E-state index in [2.05, 4.69) is 5.10 Å². The molecule has 1 aliphatic rings. The van der Waals surface area contributed by atoms with Gasteiger partial charge in [-0.3, -0.25) is 9.59 Å². The maximum atomic E-state index is 12.6. The number of benzene rings is 1. The van der Waals surface area contributed by atoms with E-state index in [1.54, 1.807) is 31.4 Å². The molecule has 142 valence electrons. The second-order valence-corrected chi connectivity index (χ2v) is 5.98. The molecule has 27 heavy (non-hydrogen) atoms. The van der Waals surface area contributed by atoms with E-state index in [-0.39, 0.29) is 18.7 Å². The zero-order valence-electron chi connectivity index (χ0n) is 15.0. The van der Waals surface area contributed by atoms with E-state index in [9.17, 15) is 9.59 Å². The van der Waals surface area contributed by atoms with E-state index in [4.69, 9.17) is 19.0 Å². The second-order valence-electron chi connectivity index (χ2n) is 5.98. The van der Waals surface area contributed by atoms with Gasteiger partial charge in [0.15, 0.2) is 0 Å². The molecule has 0 unspecified atom stereocenters. The number of hydrogen-bond acceptors (Lipinski definition) is 6. The summed E-state index contributed by atoms with van der Waals surface area (Å²) in [6, 6.07) is 8.43. The third-order valence-corrected chi connectivity index (χ3v) is 4.32. The maximum Gasteiger partial charge on any atom is 0.303 e. The molecule has 0 radical (unpaired) electrons. The van der Waals surface area contributed by atoms with E-state index in [1.165, 1.54) is 18.4 Å². The van der Waals surface area contributed by atoms with Gasteiger partial charge in [0.2, 0.25) is 5.91 Å². The number of carboxylic acids is 1. The number of carbonyl (C=O) groups excluding carboxylic acids is 1. The molecule has 0 fully saturated rings. The van der Waals surface area contributed by atoms with Crippen LogP contribution in [-0.4, -0.2) is 41.9 Å². The molecule has 1 aromatic heterocycles. The standard InChI is InChI=1S/C19H20N2O6/c1-25-12-5-6-13(17(10-12)26-2)15-11-14(16-4-3-9-27-16)20-21(15)18(22)7-8-19(23)24/h3-6,9-10,15H,7-8,11H2,1-2H3,(H,23,24)/t15-/m0/s1. The summed E-state index contributed by atoms with van der Waals surface area (Å²) < 4.78 is 16.1. The van der Waals surface area contributed by atoms with Crippen LogP contribution in [0, 0.1) is 0 Å². The van der Waals surface area contributed by atoms with Gasteiger partial charge in [0.05, 0.1) is 32.9 Å². The zero-order chi connectivity index (χ0) is 19.4. The molecule has 8 nitrogen and oxygen atoms in total. The summed E-state index contributed by atoms with van der Waals surface area (Å²) in [5, 5.41) is 14.6. The van der Waals surface area contributed by atoms with Gasteiger partial charge in [-0.1, -0.05) is 0 Å². The lowest BCUT2D eigenvalue weighted by atomic mass is 9.99. The number of nitrogens with zero attached hydrogens (tertiary/aromatic N) is 2. The van der Waals surface area contributed by atoms with Gasteiger partial charge < -0.3 is 19.0 Å². The first-order valence-corrected chi connectivity index (χ1v) is 8.40. The summed E-state index contributed by atoms with van der Waals surface area (Å²) in [6.45, 7) is 0. The quantitative estimate of drug-likeness (QED) is 0.802. The molecule has 1 amide bonds. The maximum absolute atomic E-state index is 12.6. The number of aliphatic carboxylic acids is 1. The highest BCUT2D eigenvalue weighted by molar-refractivity contribution is 6.01. The lowest BCUT2D eigenvalue weighted by molar-refractivity contribution is -0.141. The van der Waals surface area contributed by atoms with Gasteiger partial charge in [-0.05, 0) is 24.3 Å². The molecule has 0 bridgehead atoms. The zero-order valence-corrected chi connectivity index (χ0v) is 15.0.